The van der Waals surface area contributed by atoms with Crippen LogP contribution in [0.4, 0.5) is 0 Å². The van der Waals surface area contributed by atoms with Crippen molar-refractivity contribution in [1.82, 2.24) is 10.3 Å². The monoisotopic (exact) mass is 326 g/mol. The molecule has 5 nitrogen and oxygen atoms in total. The van der Waals surface area contributed by atoms with Crippen LogP contribution >= 0.6 is 22.9 Å². The number of thiazole rings is 1. The standard InChI is InChI=1S/C14H15ClN2O3S/c1-20-7-11(18)6-16-13(19)12-8-21-14(17-12)9-2-4-10(15)5-3-9/h2-5,8,11,18H,6-7H2,1H3,(H,16,19). The zero-order valence-electron chi connectivity index (χ0n) is 11.4. The largest absolute Gasteiger partial charge is 0.389 e. The van der Waals surface area contributed by atoms with Gasteiger partial charge in [-0.15, -0.1) is 11.3 Å². The number of benzene rings is 1. The lowest BCUT2D eigenvalue weighted by Gasteiger charge is -2.09. The third kappa shape index (κ3) is 4.50. The molecule has 0 fully saturated rings. The summed E-state index contributed by atoms with van der Waals surface area (Å²) >= 11 is 7.22. The molecule has 0 saturated heterocycles. The summed E-state index contributed by atoms with van der Waals surface area (Å²) in [5, 5.41) is 15.2. The minimum absolute atomic E-state index is 0.125. The van der Waals surface area contributed by atoms with E-state index in [4.69, 9.17) is 16.3 Å². The van der Waals surface area contributed by atoms with E-state index in [9.17, 15) is 9.90 Å². The predicted octanol–water partition coefficient (Wildman–Crippen LogP) is 2.20. The minimum atomic E-state index is -0.728. The number of carbonyl (C=O) groups excluding carboxylic acids is 1. The summed E-state index contributed by atoms with van der Waals surface area (Å²) in [5.74, 6) is -0.318. The summed E-state index contributed by atoms with van der Waals surface area (Å²) in [5.41, 5.74) is 1.23. The predicted molar refractivity (Wildman–Crippen MR) is 82.8 cm³/mol. The molecule has 0 saturated carbocycles. The fraction of sp³-hybridized carbons (Fsp3) is 0.286. The van der Waals surface area contributed by atoms with Crippen LogP contribution in [0.25, 0.3) is 10.6 Å². The van der Waals surface area contributed by atoms with Gasteiger partial charge in [-0.25, -0.2) is 4.98 Å². The molecule has 21 heavy (non-hydrogen) atoms. The maximum Gasteiger partial charge on any atom is 0.270 e. The number of rotatable bonds is 6. The second-order valence-corrected chi connectivity index (χ2v) is 5.66. The van der Waals surface area contributed by atoms with Crippen LogP contribution < -0.4 is 5.32 Å². The molecular weight excluding hydrogens is 312 g/mol. The highest BCUT2D eigenvalue weighted by molar-refractivity contribution is 7.13. The van der Waals surface area contributed by atoms with E-state index in [0.717, 1.165) is 10.6 Å². The fourth-order valence-electron chi connectivity index (χ4n) is 1.66. The highest BCUT2D eigenvalue weighted by atomic mass is 35.5. The molecule has 0 aliphatic rings. The van der Waals surface area contributed by atoms with Gasteiger partial charge in [-0.3, -0.25) is 4.79 Å². The van der Waals surface area contributed by atoms with Crippen LogP contribution in [0.2, 0.25) is 5.02 Å². The highest BCUT2D eigenvalue weighted by Crippen LogP contribution is 2.25. The Morgan fingerprint density at radius 3 is 2.86 bits per heavy atom. The Labute approximate surface area is 131 Å². The molecule has 1 heterocycles. The van der Waals surface area contributed by atoms with Gasteiger partial charge < -0.3 is 15.2 Å². The van der Waals surface area contributed by atoms with Crippen molar-refractivity contribution in [2.45, 2.75) is 6.10 Å². The lowest BCUT2D eigenvalue weighted by atomic mass is 10.2. The van der Waals surface area contributed by atoms with Crippen molar-refractivity contribution in [3.8, 4) is 10.6 Å². The summed E-state index contributed by atoms with van der Waals surface area (Å²) in [6.45, 7) is 0.299. The van der Waals surface area contributed by atoms with Gasteiger partial charge in [-0.1, -0.05) is 23.7 Å². The van der Waals surface area contributed by atoms with Gasteiger partial charge in [0.25, 0.3) is 5.91 Å². The number of carbonyl (C=O) groups is 1. The van der Waals surface area contributed by atoms with E-state index in [-0.39, 0.29) is 19.1 Å². The minimum Gasteiger partial charge on any atom is -0.389 e. The van der Waals surface area contributed by atoms with Crippen molar-refractivity contribution in [3.05, 3.63) is 40.4 Å². The number of ether oxygens (including phenoxy) is 1. The number of hydrogen-bond donors (Lipinski definition) is 2. The quantitative estimate of drug-likeness (QED) is 0.853. The average Bonchev–Trinajstić information content (AvgIpc) is 2.96. The highest BCUT2D eigenvalue weighted by Gasteiger charge is 2.13. The van der Waals surface area contributed by atoms with Gasteiger partial charge in [0.2, 0.25) is 0 Å². The first kappa shape index (κ1) is 15.9. The van der Waals surface area contributed by atoms with Crippen LogP contribution in [0.1, 0.15) is 10.5 Å². The van der Waals surface area contributed by atoms with Crippen LogP contribution in [0.3, 0.4) is 0 Å². The summed E-state index contributed by atoms with van der Waals surface area (Å²) in [6, 6.07) is 7.26. The molecule has 112 valence electrons. The smallest absolute Gasteiger partial charge is 0.270 e. The van der Waals surface area contributed by atoms with Crippen LogP contribution in [0.15, 0.2) is 29.6 Å². The topological polar surface area (TPSA) is 71.5 Å². The van der Waals surface area contributed by atoms with Crippen LogP contribution in [-0.2, 0) is 4.74 Å². The van der Waals surface area contributed by atoms with Crippen LogP contribution in [-0.4, -0.2) is 42.4 Å². The zero-order chi connectivity index (χ0) is 15.2. The molecule has 1 atom stereocenters. The van der Waals surface area contributed by atoms with Gasteiger partial charge >= 0.3 is 0 Å². The molecule has 2 aromatic rings. The molecule has 1 aromatic heterocycles. The second kappa shape index (κ2) is 7.51. The first-order valence-corrected chi connectivity index (χ1v) is 7.52. The van der Waals surface area contributed by atoms with Crippen molar-refractivity contribution < 1.29 is 14.6 Å². The van der Waals surface area contributed by atoms with Crippen molar-refractivity contribution in [1.29, 1.82) is 0 Å². The molecule has 0 radical (unpaired) electrons. The summed E-state index contributed by atoms with van der Waals surface area (Å²) in [6.07, 6.45) is -0.728. The molecule has 1 aromatic carbocycles. The Hall–Kier alpha value is -1.47. The molecule has 0 aliphatic carbocycles. The summed E-state index contributed by atoms with van der Waals surface area (Å²) in [7, 11) is 1.49. The third-order valence-corrected chi connectivity index (χ3v) is 3.83. The zero-order valence-corrected chi connectivity index (χ0v) is 12.9. The SMILES string of the molecule is COCC(O)CNC(=O)c1csc(-c2ccc(Cl)cc2)n1. The Morgan fingerprint density at radius 2 is 2.19 bits per heavy atom. The fourth-order valence-corrected chi connectivity index (χ4v) is 2.59. The number of aliphatic hydroxyl groups excluding tert-OH is 1. The van der Waals surface area contributed by atoms with Gasteiger partial charge in [-0.2, -0.15) is 0 Å². The van der Waals surface area contributed by atoms with E-state index in [1.807, 2.05) is 12.1 Å². The second-order valence-electron chi connectivity index (χ2n) is 4.36. The Morgan fingerprint density at radius 1 is 1.48 bits per heavy atom. The maximum absolute atomic E-state index is 11.9. The van der Waals surface area contributed by atoms with Crippen molar-refractivity contribution >= 4 is 28.8 Å². The molecule has 1 unspecified atom stereocenters. The number of aliphatic hydroxyl groups is 1. The number of methoxy groups -OCH3 is 1. The number of halogens is 1. The lowest BCUT2D eigenvalue weighted by Crippen LogP contribution is -2.34. The third-order valence-electron chi connectivity index (χ3n) is 2.69. The van der Waals surface area contributed by atoms with Gasteiger partial charge in [0.15, 0.2) is 0 Å². The van der Waals surface area contributed by atoms with Gasteiger partial charge in [0, 0.05) is 29.6 Å². The molecule has 0 spiro atoms. The number of nitrogens with one attached hydrogen (secondary N) is 1. The van der Waals surface area contributed by atoms with Crippen molar-refractivity contribution in [3.63, 3.8) is 0 Å². The molecule has 2 rings (SSSR count). The molecule has 0 bridgehead atoms. The molecule has 7 heteroatoms. The van der Waals surface area contributed by atoms with Crippen LogP contribution in [0, 0.1) is 0 Å². The first-order chi connectivity index (χ1) is 10.1. The van der Waals surface area contributed by atoms with E-state index in [0.29, 0.717) is 10.7 Å². The van der Waals surface area contributed by atoms with Gasteiger partial charge in [-0.05, 0) is 12.1 Å². The van der Waals surface area contributed by atoms with E-state index >= 15 is 0 Å². The number of amides is 1. The molecule has 1 amide bonds. The molecular formula is C14H15ClN2O3S. The van der Waals surface area contributed by atoms with E-state index < -0.39 is 6.10 Å². The number of aromatic nitrogens is 1. The summed E-state index contributed by atoms with van der Waals surface area (Å²) in [4.78, 5) is 16.2. The number of nitrogens with zero attached hydrogens (tertiary/aromatic N) is 1. The maximum atomic E-state index is 11.9. The Balaban J connectivity index is 1.99. The Bertz CT molecular complexity index is 601. The lowest BCUT2D eigenvalue weighted by molar-refractivity contribution is 0.0609. The average molecular weight is 327 g/mol. The van der Waals surface area contributed by atoms with Crippen molar-refractivity contribution in [2.75, 3.05) is 20.3 Å². The van der Waals surface area contributed by atoms with Gasteiger partial charge in [0.1, 0.15) is 10.7 Å². The van der Waals surface area contributed by atoms with E-state index in [2.05, 4.69) is 10.3 Å². The normalized spacial score (nSPS) is 12.1. The Kier molecular flexibility index (Phi) is 5.69. The first-order valence-electron chi connectivity index (χ1n) is 6.27. The molecule has 0 aliphatic heterocycles. The number of hydrogen-bond acceptors (Lipinski definition) is 5. The van der Waals surface area contributed by atoms with E-state index in [1.165, 1.54) is 18.4 Å². The van der Waals surface area contributed by atoms with Crippen molar-refractivity contribution in [2.24, 2.45) is 0 Å². The van der Waals surface area contributed by atoms with Gasteiger partial charge in [0.05, 0.1) is 12.7 Å². The summed E-state index contributed by atoms with van der Waals surface area (Å²) < 4.78 is 4.79. The van der Waals surface area contributed by atoms with E-state index in [1.54, 1.807) is 17.5 Å². The molecule has 2 N–H and O–H groups in total. The van der Waals surface area contributed by atoms with Crippen LogP contribution in [0.5, 0.6) is 0 Å².